The lowest BCUT2D eigenvalue weighted by Crippen LogP contribution is -2.51. The highest BCUT2D eigenvalue weighted by Crippen LogP contribution is 2.18. The van der Waals surface area contributed by atoms with Gasteiger partial charge in [0.25, 0.3) is 0 Å². The molecular weight excluding hydrogens is 284 g/mol. The molecule has 0 aromatic carbocycles. The quantitative estimate of drug-likeness (QED) is 0.681. The van der Waals surface area contributed by atoms with Crippen molar-refractivity contribution in [3.63, 3.8) is 0 Å². The molecule has 7 heteroatoms. The predicted molar refractivity (Wildman–Crippen MR) is 85.5 cm³/mol. The lowest BCUT2D eigenvalue weighted by molar-refractivity contribution is 0.380. The summed E-state index contributed by atoms with van der Waals surface area (Å²) in [6, 6.07) is 5.81. The minimum atomic E-state index is 0.527. The van der Waals surface area contributed by atoms with Gasteiger partial charge in [0.2, 0.25) is 0 Å². The van der Waals surface area contributed by atoms with E-state index in [1.54, 1.807) is 17.5 Å². The zero-order chi connectivity index (χ0) is 14.5. The van der Waals surface area contributed by atoms with Gasteiger partial charge in [-0.05, 0) is 12.1 Å². The van der Waals surface area contributed by atoms with E-state index >= 15 is 0 Å². The molecule has 2 N–H and O–H groups in total. The minimum absolute atomic E-state index is 0.527. The number of hydrogen-bond acceptors (Lipinski definition) is 5. The van der Waals surface area contributed by atoms with E-state index in [2.05, 4.69) is 24.8 Å². The van der Waals surface area contributed by atoms with Crippen molar-refractivity contribution in [2.24, 2.45) is 10.7 Å². The summed E-state index contributed by atoms with van der Waals surface area (Å²) >= 11 is 1.67. The van der Waals surface area contributed by atoms with Crippen LogP contribution in [0.25, 0.3) is 0 Å². The Kier molecular flexibility index (Phi) is 4.30. The number of anilines is 1. The van der Waals surface area contributed by atoms with Crippen LogP contribution in [0.5, 0.6) is 0 Å². The maximum atomic E-state index is 6.08. The SMILES string of the molecule is NC(=NCc1ccccn1)N1CCN(c2nccs2)CC1. The molecule has 0 amide bonds. The van der Waals surface area contributed by atoms with Gasteiger partial charge in [-0.3, -0.25) is 4.98 Å². The average molecular weight is 302 g/mol. The van der Waals surface area contributed by atoms with Gasteiger partial charge in [0.15, 0.2) is 11.1 Å². The topological polar surface area (TPSA) is 70.6 Å². The van der Waals surface area contributed by atoms with Crippen molar-refractivity contribution in [3.8, 4) is 0 Å². The van der Waals surface area contributed by atoms with Crippen LogP contribution in [-0.4, -0.2) is 47.0 Å². The summed E-state index contributed by atoms with van der Waals surface area (Å²) in [4.78, 5) is 17.4. The third kappa shape index (κ3) is 3.49. The molecule has 21 heavy (non-hydrogen) atoms. The molecule has 1 aliphatic heterocycles. The summed E-state index contributed by atoms with van der Waals surface area (Å²) in [6.07, 6.45) is 3.61. The average Bonchev–Trinajstić information content (AvgIpc) is 3.08. The van der Waals surface area contributed by atoms with Crippen LogP contribution in [-0.2, 0) is 6.54 Å². The Morgan fingerprint density at radius 2 is 2.05 bits per heavy atom. The number of guanidine groups is 1. The molecule has 0 radical (unpaired) electrons. The van der Waals surface area contributed by atoms with Crippen molar-refractivity contribution >= 4 is 22.4 Å². The second-order valence-corrected chi connectivity index (χ2v) is 5.66. The van der Waals surface area contributed by atoms with E-state index in [9.17, 15) is 0 Å². The Balaban J connectivity index is 1.54. The summed E-state index contributed by atoms with van der Waals surface area (Å²) in [5.74, 6) is 0.597. The molecule has 0 saturated carbocycles. The zero-order valence-corrected chi connectivity index (χ0v) is 12.5. The number of piperazine rings is 1. The van der Waals surface area contributed by atoms with Gasteiger partial charge in [0, 0.05) is 44.0 Å². The Labute approximate surface area is 128 Å². The number of nitrogens with zero attached hydrogens (tertiary/aromatic N) is 5. The van der Waals surface area contributed by atoms with Gasteiger partial charge in [-0.2, -0.15) is 0 Å². The zero-order valence-electron chi connectivity index (χ0n) is 11.7. The fraction of sp³-hybridized carbons (Fsp3) is 0.357. The smallest absolute Gasteiger partial charge is 0.191 e. The number of aromatic nitrogens is 2. The molecule has 6 nitrogen and oxygen atoms in total. The van der Waals surface area contributed by atoms with E-state index < -0.39 is 0 Å². The van der Waals surface area contributed by atoms with E-state index in [1.807, 2.05) is 29.8 Å². The van der Waals surface area contributed by atoms with Crippen molar-refractivity contribution in [2.45, 2.75) is 6.54 Å². The molecule has 0 unspecified atom stereocenters. The first-order valence-electron chi connectivity index (χ1n) is 6.92. The molecule has 1 aliphatic rings. The monoisotopic (exact) mass is 302 g/mol. The second-order valence-electron chi connectivity index (χ2n) is 4.78. The molecule has 0 bridgehead atoms. The largest absolute Gasteiger partial charge is 0.370 e. The molecule has 0 atom stereocenters. The van der Waals surface area contributed by atoms with E-state index in [4.69, 9.17) is 5.73 Å². The lowest BCUT2D eigenvalue weighted by atomic mass is 10.3. The van der Waals surface area contributed by atoms with Gasteiger partial charge < -0.3 is 15.5 Å². The molecular formula is C14H18N6S. The molecule has 0 spiro atoms. The summed E-state index contributed by atoms with van der Waals surface area (Å²) in [7, 11) is 0. The van der Waals surface area contributed by atoms with E-state index in [-0.39, 0.29) is 0 Å². The number of hydrogen-bond donors (Lipinski definition) is 1. The fourth-order valence-corrected chi connectivity index (χ4v) is 2.95. The number of nitrogens with two attached hydrogens (primary N) is 1. The number of aliphatic imine (C=N–C) groups is 1. The summed E-state index contributed by atoms with van der Waals surface area (Å²) in [5.41, 5.74) is 7.01. The van der Waals surface area contributed by atoms with Crippen molar-refractivity contribution in [2.75, 3.05) is 31.1 Å². The maximum absolute atomic E-state index is 6.08. The number of pyridine rings is 1. The van der Waals surface area contributed by atoms with Gasteiger partial charge in [-0.25, -0.2) is 9.98 Å². The van der Waals surface area contributed by atoms with Crippen LogP contribution in [0.4, 0.5) is 5.13 Å². The van der Waals surface area contributed by atoms with Crippen LogP contribution in [0.1, 0.15) is 5.69 Å². The first kappa shape index (κ1) is 13.8. The highest BCUT2D eigenvalue weighted by atomic mass is 32.1. The third-order valence-electron chi connectivity index (χ3n) is 3.42. The number of thiazole rings is 1. The van der Waals surface area contributed by atoms with Gasteiger partial charge >= 0.3 is 0 Å². The van der Waals surface area contributed by atoms with Crippen LogP contribution in [0.15, 0.2) is 41.0 Å². The first-order valence-corrected chi connectivity index (χ1v) is 7.80. The maximum Gasteiger partial charge on any atom is 0.191 e. The molecule has 3 rings (SSSR count). The lowest BCUT2D eigenvalue weighted by Gasteiger charge is -2.35. The highest BCUT2D eigenvalue weighted by Gasteiger charge is 2.19. The summed E-state index contributed by atoms with van der Waals surface area (Å²) < 4.78 is 0. The van der Waals surface area contributed by atoms with Crippen molar-refractivity contribution < 1.29 is 0 Å². The van der Waals surface area contributed by atoms with Crippen LogP contribution in [0.2, 0.25) is 0 Å². The Hall–Kier alpha value is -2.15. The standard InChI is InChI=1S/C14H18N6S/c15-13(18-11-12-3-1-2-4-16-12)19-6-8-20(9-7-19)14-17-5-10-21-14/h1-5,10H,6-9,11H2,(H2,15,18). The van der Waals surface area contributed by atoms with Crippen molar-refractivity contribution in [3.05, 3.63) is 41.7 Å². The summed E-state index contributed by atoms with van der Waals surface area (Å²) in [6.45, 7) is 4.12. The molecule has 1 fully saturated rings. The van der Waals surface area contributed by atoms with Crippen molar-refractivity contribution in [1.82, 2.24) is 14.9 Å². The van der Waals surface area contributed by atoms with Gasteiger partial charge in [-0.1, -0.05) is 6.07 Å². The Bertz CT molecular complexity index is 575. The molecule has 2 aromatic heterocycles. The van der Waals surface area contributed by atoms with Crippen molar-refractivity contribution in [1.29, 1.82) is 0 Å². The molecule has 0 aliphatic carbocycles. The molecule has 1 saturated heterocycles. The fourth-order valence-electron chi connectivity index (χ4n) is 2.25. The van der Waals surface area contributed by atoms with Crippen LogP contribution in [0.3, 0.4) is 0 Å². The predicted octanol–water partition coefficient (Wildman–Crippen LogP) is 1.17. The van der Waals surface area contributed by atoms with Crippen LogP contribution in [0, 0.1) is 0 Å². The molecule has 110 valence electrons. The van der Waals surface area contributed by atoms with E-state index in [0.29, 0.717) is 12.5 Å². The van der Waals surface area contributed by atoms with Crippen LogP contribution < -0.4 is 10.6 Å². The first-order chi connectivity index (χ1) is 10.3. The van der Waals surface area contributed by atoms with E-state index in [1.165, 1.54) is 0 Å². The van der Waals surface area contributed by atoms with E-state index in [0.717, 1.165) is 37.0 Å². The van der Waals surface area contributed by atoms with Gasteiger partial charge in [0.05, 0.1) is 12.2 Å². The Morgan fingerprint density at radius 3 is 2.71 bits per heavy atom. The highest BCUT2D eigenvalue weighted by molar-refractivity contribution is 7.13. The normalized spacial score (nSPS) is 16.3. The van der Waals surface area contributed by atoms with Crippen LogP contribution >= 0.6 is 11.3 Å². The molecule has 3 heterocycles. The molecule has 2 aromatic rings. The second kappa shape index (κ2) is 6.53. The van der Waals surface area contributed by atoms with Gasteiger partial charge in [-0.15, -0.1) is 11.3 Å². The third-order valence-corrected chi connectivity index (χ3v) is 4.25. The number of rotatable bonds is 3. The summed E-state index contributed by atoms with van der Waals surface area (Å²) in [5, 5.41) is 3.09. The minimum Gasteiger partial charge on any atom is -0.370 e. The van der Waals surface area contributed by atoms with Gasteiger partial charge in [0.1, 0.15) is 0 Å². The Morgan fingerprint density at radius 1 is 1.19 bits per heavy atom.